The molecule has 0 radical (unpaired) electrons. The number of amides is 2. The van der Waals surface area contributed by atoms with Gasteiger partial charge in [0.15, 0.2) is 6.10 Å². The number of anilines is 1. The SMILES string of the molecule is COc1ccc(/C=C/C(=O)N2CCN(S(=O)(=O)c3cc4c(cc3C)NC(=O)C(C)O4)CC2)cc1. The smallest absolute Gasteiger partial charge is 0.265 e. The van der Waals surface area contributed by atoms with Gasteiger partial charge in [0.1, 0.15) is 11.5 Å². The van der Waals surface area contributed by atoms with E-state index in [1.807, 2.05) is 24.3 Å². The van der Waals surface area contributed by atoms with Gasteiger partial charge in [-0.15, -0.1) is 0 Å². The van der Waals surface area contributed by atoms with Gasteiger partial charge < -0.3 is 19.7 Å². The van der Waals surface area contributed by atoms with Crippen LogP contribution in [-0.2, 0) is 19.6 Å². The second kappa shape index (κ2) is 9.47. The lowest BCUT2D eigenvalue weighted by Gasteiger charge is -2.34. The summed E-state index contributed by atoms with van der Waals surface area (Å²) in [5.74, 6) is 0.620. The zero-order valence-corrected chi connectivity index (χ0v) is 20.1. The highest BCUT2D eigenvalue weighted by molar-refractivity contribution is 7.89. The highest BCUT2D eigenvalue weighted by Gasteiger charge is 2.33. The topological polar surface area (TPSA) is 105 Å². The van der Waals surface area contributed by atoms with Crippen LogP contribution in [0.5, 0.6) is 11.5 Å². The largest absolute Gasteiger partial charge is 0.497 e. The molecule has 2 amide bonds. The first-order valence-electron chi connectivity index (χ1n) is 10.9. The molecule has 0 aliphatic carbocycles. The summed E-state index contributed by atoms with van der Waals surface area (Å²) in [6, 6.07) is 10.4. The average Bonchev–Trinajstić information content (AvgIpc) is 2.83. The zero-order valence-electron chi connectivity index (χ0n) is 19.3. The van der Waals surface area contributed by atoms with Gasteiger partial charge in [0.2, 0.25) is 15.9 Å². The Hall–Kier alpha value is -3.37. The lowest BCUT2D eigenvalue weighted by molar-refractivity contribution is -0.127. The number of nitrogens with zero attached hydrogens (tertiary/aromatic N) is 2. The van der Waals surface area contributed by atoms with E-state index < -0.39 is 16.1 Å². The quantitative estimate of drug-likeness (QED) is 0.652. The van der Waals surface area contributed by atoms with Crippen molar-refractivity contribution in [2.24, 2.45) is 0 Å². The number of methoxy groups -OCH3 is 1. The molecule has 2 aromatic rings. The van der Waals surface area contributed by atoms with Gasteiger partial charge in [-0.1, -0.05) is 12.1 Å². The molecule has 2 aliphatic heterocycles. The van der Waals surface area contributed by atoms with Crippen LogP contribution < -0.4 is 14.8 Å². The molecule has 9 nitrogen and oxygen atoms in total. The van der Waals surface area contributed by atoms with Crippen LogP contribution in [0.15, 0.2) is 47.4 Å². The van der Waals surface area contributed by atoms with Crippen LogP contribution in [0, 0.1) is 6.92 Å². The Morgan fingerprint density at radius 3 is 2.47 bits per heavy atom. The van der Waals surface area contributed by atoms with Crippen LogP contribution >= 0.6 is 0 Å². The molecule has 10 heteroatoms. The summed E-state index contributed by atoms with van der Waals surface area (Å²) in [6.07, 6.45) is 2.51. The third-order valence-corrected chi connectivity index (χ3v) is 7.95. The molecule has 0 aromatic heterocycles. The maximum atomic E-state index is 13.3. The Morgan fingerprint density at radius 1 is 1.15 bits per heavy atom. The van der Waals surface area contributed by atoms with E-state index in [4.69, 9.17) is 9.47 Å². The predicted octanol–water partition coefficient (Wildman–Crippen LogP) is 2.27. The van der Waals surface area contributed by atoms with Crippen LogP contribution in [0.1, 0.15) is 18.1 Å². The second-order valence-corrected chi connectivity index (χ2v) is 10.1. The summed E-state index contributed by atoms with van der Waals surface area (Å²) in [5, 5.41) is 2.73. The number of sulfonamides is 1. The van der Waals surface area contributed by atoms with Gasteiger partial charge in [-0.2, -0.15) is 4.31 Å². The third kappa shape index (κ3) is 4.78. The van der Waals surface area contributed by atoms with Gasteiger partial charge in [0.25, 0.3) is 5.91 Å². The zero-order chi connectivity index (χ0) is 24.5. The molecular weight excluding hydrogens is 458 g/mol. The van der Waals surface area contributed by atoms with Gasteiger partial charge in [-0.3, -0.25) is 9.59 Å². The number of rotatable bonds is 5. The molecule has 0 spiro atoms. The van der Waals surface area contributed by atoms with Crippen molar-refractivity contribution in [2.45, 2.75) is 24.8 Å². The van der Waals surface area contributed by atoms with Crippen LogP contribution in [0.2, 0.25) is 0 Å². The number of hydrogen-bond acceptors (Lipinski definition) is 6. The standard InChI is InChI=1S/C24H27N3O6S/c1-16-14-20-21(33-17(2)24(29)25-20)15-22(16)34(30,31)27-12-10-26(11-13-27)23(28)9-6-18-4-7-19(32-3)8-5-18/h4-9,14-15,17H,10-13H2,1-3H3,(H,25,29)/b9-6+. The summed E-state index contributed by atoms with van der Waals surface area (Å²) in [5.41, 5.74) is 1.84. The monoisotopic (exact) mass is 485 g/mol. The van der Waals surface area contributed by atoms with E-state index >= 15 is 0 Å². The van der Waals surface area contributed by atoms with Crippen molar-refractivity contribution in [1.29, 1.82) is 0 Å². The maximum Gasteiger partial charge on any atom is 0.265 e. The normalized spacial score (nSPS) is 18.9. The highest BCUT2D eigenvalue weighted by Crippen LogP contribution is 2.35. The van der Waals surface area contributed by atoms with Gasteiger partial charge in [-0.05, 0) is 49.2 Å². The molecule has 2 aromatic carbocycles. The molecule has 0 bridgehead atoms. The molecule has 1 atom stereocenters. The van der Waals surface area contributed by atoms with Crippen LogP contribution in [0.25, 0.3) is 6.08 Å². The summed E-state index contributed by atoms with van der Waals surface area (Å²) in [4.78, 5) is 26.2. The predicted molar refractivity (Wildman–Crippen MR) is 127 cm³/mol. The number of ether oxygens (including phenoxy) is 2. The number of carbonyl (C=O) groups excluding carboxylic acids is 2. The van der Waals surface area contributed by atoms with Crippen molar-refractivity contribution in [1.82, 2.24) is 9.21 Å². The van der Waals surface area contributed by atoms with Crippen molar-refractivity contribution < 1.29 is 27.5 Å². The van der Waals surface area contributed by atoms with E-state index in [2.05, 4.69) is 5.32 Å². The first kappa shape index (κ1) is 23.8. The van der Waals surface area contributed by atoms with Gasteiger partial charge >= 0.3 is 0 Å². The van der Waals surface area contributed by atoms with Crippen LogP contribution in [0.3, 0.4) is 0 Å². The highest BCUT2D eigenvalue weighted by atomic mass is 32.2. The molecule has 4 rings (SSSR count). The number of aryl methyl sites for hydroxylation is 1. The molecule has 1 saturated heterocycles. The summed E-state index contributed by atoms with van der Waals surface area (Å²) < 4.78 is 38.8. The number of benzene rings is 2. The molecule has 2 aliphatic rings. The van der Waals surface area contributed by atoms with E-state index in [9.17, 15) is 18.0 Å². The number of nitrogens with one attached hydrogen (secondary N) is 1. The third-order valence-electron chi connectivity index (χ3n) is 5.91. The molecule has 0 saturated carbocycles. The number of piperazine rings is 1. The first-order valence-corrected chi connectivity index (χ1v) is 12.4. The summed E-state index contributed by atoms with van der Waals surface area (Å²) in [6.45, 7) is 4.24. The molecule has 1 N–H and O–H groups in total. The molecule has 2 heterocycles. The number of hydrogen-bond donors (Lipinski definition) is 1. The van der Waals surface area contributed by atoms with Crippen LogP contribution in [-0.4, -0.2) is 68.8 Å². The fourth-order valence-electron chi connectivity index (χ4n) is 3.90. The van der Waals surface area contributed by atoms with Gasteiger partial charge in [0.05, 0.1) is 17.7 Å². The van der Waals surface area contributed by atoms with Crippen molar-refractivity contribution >= 4 is 33.6 Å². The fraction of sp³-hybridized carbons (Fsp3) is 0.333. The fourth-order valence-corrected chi connectivity index (χ4v) is 5.54. The molecular formula is C24H27N3O6S. The maximum absolute atomic E-state index is 13.3. The van der Waals surface area contributed by atoms with E-state index in [0.717, 1.165) is 11.3 Å². The number of fused-ring (bicyclic) bond motifs is 1. The Kier molecular flexibility index (Phi) is 6.63. The summed E-state index contributed by atoms with van der Waals surface area (Å²) in [7, 11) is -2.20. The van der Waals surface area contributed by atoms with E-state index in [1.54, 1.807) is 38.0 Å². The van der Waals surface area contributed by atoms with Crippen molar-refractivity contribution in [2.75, 3.05) is 38.6 Å². The lowest BCUT2D eigenvalue weighted by atomic mass is 10.1. The van der Waals surface area contributed by atoms with Gasteiger partial charge in [0, 0.05) is 38.3 Å². The minimum Gasteiger partial charge on any atom is -0.497 e. The summed E-state index contributed by atoms with van der Waals surface area (Å²) >= 11 is 0. The molecule has 180 valence electrons. The molecule has 1 unspecified atom stereocenters. The minimum atomic E-state index is -3.80. The Balaban J connectivity index is 1.42. The Bertz CT molecular complexity index is 1230. The minimum absolute atomic E-state index is 0.133. The van der Waals surface area contributed by atoms with Crippen molar-refractivity contribution in [3.8, 4) is 11.5 Å². The van der Waals surface area contributed by atoms with E-state index in [-0.39, 0.29) is 29.8 Å². The van der Waals surface area contributed by atoms with Gasteiger partial charge in [-0.25, -0.2) is 8.42 Å². The van der Waals surface area contributed by atoms with Crippen molar-refractivity contribution in [3.63, 3.8) is 0 Å². The number of carbonyl (C=O) groups is 2. The molecule has 34 heavy (non-hydrogen) atoms. The Labute approximate surface area is 199 Å². The van der Waals surface area contributed by atoms with Crippen LogP contribution in [0.4, 0.5) is 5.69 Å². The van der Waals surface area contributed by atoms with E-state index in [0.29, 0.717) is 30.1 Å². The van der Waals surface area contributed by atoms with Crippen molar-refractivity contribution in [3.05, 3.63) is 53.6 Å². The Morgan fingerprint density at radius 2 is 1.82 bits per heavy atom. The average molecular weight is 486 g/mol. The van der Waals surface area contributed by atoms with E-state index in [1.165, 1.54) is 16.4 Å². The second-order valence-electron chi connectivity index (χ2n) is 8.20. The molecule has 1 fully saturated rings. The lowest BCUT2D eigenvalue weighted by Crippen LogP contribution is -2.50. The first-order chi connectivity index (χ1) is 16.2.